The van der Waals surface area contributed by atoms with Crippen LogP contribution >= 0.6 is 0 Å². The molecule has 6 fully saturated rings. The minimum absolute atomic E-state index is 0.209. The van der Waals surface area contributed by atoms with Crippen LogP contribution in [-0.4, -0.2) is 54.5 Å². The van der Waals surface area contributed by atoms with Crippen molar-refractivity contribution in [1.29, 1.82) is 0 Å². The predicted molar refractivity (Wildman–Crippen MR) is 315 cm³/mol. The average molecular weight is 1090 g/mol. The first-order chi connectivity index (χ1) is 35.4. The number of aliphatic hydroxyl groups is 1. The van der Waals surface area contributed by atoms with Crippen LogP contribution in [0.4, 0.5) is 12.9 Å². The second-order valence-electron chi connectivity index (χ2n) is 27.9. The lowest BCUT2D eigenvalue weighted by molar-refractivity contribution is -0.140. The highest BCUT2D eigenvalue weighted by Crippen LogP contribution is 2.64. The molecule has 10 atom stereocenters. The highest BCUT2D eigenvalue weighted by Gasteiger charge is 2.55. The molecular formula is C66H112BF3O7. The summed E-state index contributed by atoms with van der Waals surface area (Å²) in [4.78, 5) is 30.7. The molecule has 11 heteroatoms. The molecule has 0 heterocycles. The summed E-state index contributed by atoms with van der Waals surface area (Å²) in [5.41, 5.74) is 9.17. The van der Waals surface area contributed by atoms with Gasteiger partial charge in [0, 0.05) is 20.8 Å². The maximum atomic E-state index is 10.9. The Bertz CT molecular complexity index is 1920. The normalized spacial score (nSPS) is 31.8. The SMILES string of the molecule is C=C1CC[C@H]2C(C)(C)CCC[C@]2(C)[C@H]1CC/C(C)=C/COC(C)=O.C=C1CC[C@H]2C(C)(C)CCC[C@]2(C)[C@H]1CC/C(C)=C\COC(C)=O.C=C1CC[C@H]2C(C)(C)CCC[C@]2(C)[C@H]1CCC(C)(O)CC.CC(=O)O.FB(F)F. The molecule has 6 aliphatic rings. The average Bonchev–Trinajstić information content (AvgIpc) is 3.27. The van der Waals surface area contributed by atoms with Gasteiger partial charge in [-0.05, 0) is 223 Å². The second-order valence-corrected chi connectivity index (χ2v) is 27.9. The van der Waals surface area contributed by atoms with E-state index in [1.807, 2.05) is 6.92 Å². The fourth-order valence-corrected chi connectivity index (χ4v) is 16.6. The molecule has 6 rings (SSSR count). The Morgan fingerprint density at radius 1 is 0.584 bits per heavy atom. The largest absolute Gasteiger partial charge is 0.762 e. The van der Waals surface area contributed by atoms with Crippen molar-refractivity contribution < 1.29 is 47.0 Å². The summed E-state index contributed by atoms with van der Waals surface area (Å²) < 4.78 is 39.1. The van der Waals surface area contributed by atoms with Crippen molar-refractivity contribution in [1.82, 2.24) is 0 Å². The minimum Gasteiger partial charge on any atom is -0.481 e. The molecule has 442 valence electrons. The molecule has 2 N–H and O–H groups in total. The van der Waals surface area contributed by atoms with Gasteiger partial charge < -0.3 is 19.7 Å². The van der Waals surface area contributed by atoms with Gasteiger partial charge in [0.15, 0.2) is 0 Å². The smallest absolute Gasteiger partial charge is 0.481 e. The number of allylic oxidation sites excluding steroid dienone is 5. The number of carboxylic acid groups (broad SMARTS) is 1. The van der Waals surface area contributed by atoms with E-state index >= 15 is 0 Å². The maximum Gasteiger partial charge on any atom is 0.762 e. The molecule has 0 saturated heterocycles. The number of aliphatic carboxylic acids is 1. The Kier molecular flexibility index (Phi) is 27.4. The van der Waals surface area contributed by atoms with E-state index in [-0.39, 0.29) is 11.9 Å². The number of carbonyl (C=O) groups is 3. The number of halogens is 3. The summed E-state index contributed by atoms with van der Waals surface area (Å²) in [6.07, 6.45) is 31.3. The lowest BCUT2D eigenvalue weighted by atomic mass is 9.47. The van der Waals surface area contributed by atoms with Crippen LogP contribution in [-0.2, 0) is 23.9 Å². The van der Waals surface area contributed by atoms with Gasteiger partial charge in [-0.15, -0.1) is 0 Å². The second kappa shape index (κ2) is 30.1. The number of carbonyl (C=O) groups excluding carboxylic acids is 2. The molecule has 0 bridgehead atoms. The highest BCUT2D eigenvalue weighted by molar-refractivity contribution is 6.33. The molecule has 0 amide bonds. The number of ether oxygens (including phenoxy) is 2. The molecular weight excluding hydrogens is 973 g/mol. The molecule has 7 nitrogen and oxygen atoms in total. The molecule has 0 spiro atoms. The first-order valence-electron chi connectivity index (χ1n) is 29.9. The van der Waals surface area contributed by atoms with E-state index in [2.05, 4.69) is 115 Å². The number of esters is 2. The third-order valence-electron chi connectivity index (χ3n) is 20.8. The van der Waals surface area contributed by atoms with Gasteiger partial charge in [-0.2, -0.15) is 0 Å². The van der Waals surface area contributed by atoms with Crippen molar-refractivity contribution in [2.45, 2.75) is 258 Å². The van der Waals surface area contributed by atoms with Crippen molar-refractivity contribution in [3.8, 4) is 0 Å². The quantitative estimate of drug-likeness (QED) is 0.101. The van der Waals surface area contributed by atoms with Crippen LogP contribution in [0.2, 0.25) is 0 Å². The van der Waals surface area contributed by atoms with Gasteiger partial charge in [-0.1, -0.05) is 136 Å². The molecule has 6 saturated carbocycles. The van der Waals surface area contributed by atoms with Crippen molar-refractivity contribution >= 4 is 25.5 Å². The van der Waals surface area contributed by atoms with Crippen LogP contribution in [0.3, 0.4) is 0 Å². The topological polar surface area (TPSA) is 110 Å². The Hall–Kier alpha value is -3.08. The van der Waals surface area contributed by atoms with Crippen molar-refractivity contribution in [3.63, 3.8) is 0 Å². The zero-order chi connectivity index (χ0) is 59.0. The molecule has 77 heavy (non-hydrogen) atoms. The lowest BCUT2D eigenvalue weighted by Crippen LogP contribution is -2.49. The Balaban J connectivity index is 0.000000369. The third kappa shape index (κ3) is 20.8. The van der Waals surface area contributed by atoms with Crippen LogP contribution in [0.5, 0.6) is 0 Å². The van der Waals surface area contributed by atoms with Gasteiger partial charge in [0.05, 0.1) is 5.60 Å². The van der Waals surface area contributed by atoms with Crippen molar-refractivity contribution in [2.75, 3.05) is 13.2 Å². The maximum absolute atomic E-state index is 10.9. The summed E-state index contributed by atoms with van der Waals surface area (Å²) in [6, 6.07) is 0. The van der Waals surface area contributed by atoms with Crippen molar-refractivity contribution in [3.05, 3.63) is 59.8 Å². The van der Waals surface area contributed by atoms with Crippen LogP contribution < -0.4 is 0 Å². The summed E-state index contributed by atoms with van der Waals surface area (Å²) in [5, 5.41) is 17.8. The molecule has 1 unspecified atom stereocenters. The first-order valence-corrected chi connectivity index (χ1v) is 29.9. The van der Waals surface area contributed by atoms with Gasteiger partial charge >= 0.3 is 19.5 Å². The Morgan fingerprint density at radius 2 is 0.857 bits per heavy atom. The summed E-state index contributed by atoms with van der Waals surface area (Å²) >= 11 is 0. The molecule has 0 aromatic rings. The fourth-order valence-electron chi connectivity index (χ4n) is 16.6. The molecule has 0 aliphatic heterocycles. The number of hydrogen-bond acceptors (Lipinski definition) is 6. The number of rotatable bonds is 14. The van der Waals surface area contributed by atoms with Crippen LogP contribution in [0, 0.1) is 68.0 Å². The molecule has 0 radical (unpaired) electrons. The third-order valence-corrected chi connectivity index (χ3v) is 20.8. The van der Waals surface area contributed by atoms with Gasteiger partial charge in [0.25, 0.3) is 5.97 Å². The van der Waals surface area contributed by atoms with E-state index < -0.39 is 19.1 Å². The van der Waals surface area contributed by atoms with Gasteiger partial charge in [0.1, 0.15) is 13.2 Å². The Labute approximate surface area is 469 Å². The van der Waals surface area contributed by atoms with E-state index in [0.29, 0.717) is 63.5 Å². The zero-order valence-electron chi connectivity index (χ0n) is 51.9. The summed E-state index contributed by atoms with van der Waals surface area (Å²) in [6.45, 7) is 49.0. The van der Waals surface area contributed by atoms with Crippen molar-refractivity contribution in [2.24, 2.45) is 68.0 Å². The van der Waals surface area contributed by atoms with E-state index in [9.17, 15) is 27.6 Å². The minimum atomic E-state index is -3.67. The van der Waals surface area contributed by atoms with E-state index in [4.69, 9.17) is 19.4 Å². The number of fused-ring (bicyclic) bond motifs is 3. The molecule has 6 aliphatic carbocycles. The van der Waals surface area contributed by atoms with Gasteiger partial charge in [-0.25, -0.2) is 0 Å². The summed E-state index contributed by atoms with van der Waals surface area (Å²) in [5.74, 6) is 3.08. The van der Waals surface area contributed by atoms with Gasteiger partial charge in [-0.3, -0.25) is 27.3 Å². The number of carboxylic acids is 1. The monoisotopic (exact) mass is 1080 g/mol. The molecule has 0 aromatic heterocycles. The first kappa shape index (κ1) is 70.0. The number of hydrogen-bond donors (Lipinski definition) is 2. The van der Waals surface area contributed by atoms with Gasteiger partial charge in [0.2, 0.25) is 0 Å². The standard InChI is InChI=1S/2C22H36O2.C20H36O.C2H4O2.BF3/c2*1-16(12-15-24-18(3)23)8-10-19-17(2)9-11-20-21(4,5)13-7-14-22(19,20)6;1-7-19(5,21)14-11-16-15(2)9-10-17-18(3,4)12-8-13-20(16,17)6;1-2(3)4;2-1(3)4/h2*12,19-20H,2,7-11,13-15H2,1,3-6H3;16-17,21H,2,7-14H2,1,3-6H3;1H3,(H,3,4);/b16-12+;16-12-;;;/t2*19-,20-,22+;16-,17-,19?,20+;;/m000../s1. The molecule has 0 aromatic carbocycles. The predicted octanol–water partition coefficient (Wildman–Crippen LogP) is 18.8. The fraction of sp³-hybridized carbons (Fsp3) is 0.803. The summed E-state index contributed by atoms with van der Waals surface area (Å²) in [7, 11) is -3.67. The van der Waals surface area contributed by atoms with E-state index in [0.717, 1.165) is 56.8 Å². The Morgan fingerprint density at radius 3 is 1.12 bits per heavy atom. The van der Waals surface area contributed by atoms with Crippen LogP contribution in [0.15, 0.2) is 59.8 Å². The van der Waals surface area contributed by atoms with Crippen LogP contribution in [0.25, 0.3) is 0 Å². The zero-order valence-corrected chi connectivity index (χ0v) is 51.9. The van der Waals surface area contributed by atoms with E-state index in [1.165, 1.54) is 151 Å². The van der Waals surface area contributed by atoms with E-state index in [1.54, 1.807) is 0 Å². The lowest BCUT2D eigenvalue weighted by Gasteiger charge is -2.58. The van der Waals surface area contributed by atoms with Crippen LogP contribution in [0.1, 0.15) is 252 Å². The highest BCUT2D eigenvalue weighted by atomic mass is 19.4.